The zero-order valence-electron chi connectivity index (χ0n) is 18.2. The van der Waals surface area contributed by atoms with Crippen molar-refractivity contribution in [2.24, 2.45) is 5.73 Å². The van der Waals surface area contributed by atoms with Gasteiger partial charge in [0.15, 0.2) is 5.54 Å². The molecule has 9 heteroatoms. The van der Waals surface area contributed by atoms with E-state index in [-0.39, 0.29) is 25.7 Å². The summed E-state index contributed by atoms with van der Waals surface area (Å²) in [5.74, 6) is -2.87. The smallest absolute Gasteiger partial charge is 0.329 e. The summed E-state index contributed by atoms with van der Waals surface area (Å²) >= 11 is 0. The maximum absolute atomic E-state index is 12.8. The van der Waals surface area contributed by atoms with Crippen molar-refractivity contribution in [1.82, 2.24) is 0 Å². The molecular formula is C21H37F2NO6. The van der Waals surface area contributed by atoms with Gasteiger partial charge in [0.2, 0.25) is 6.29 Å². The Hall–Kier alpha value is -1.77. The van der Waals surface area contributed by atoms with Gasteiger partial charge >= 0.3 is 17.9 Å². The lowest BCUT2D eigenvalue weighted by Gasteiger charge is -2.23. The summed E-state index contributed by atoms with van der Waals surface area (Å²) in [6.07, 6.45) is 4.47. The number of halogens is 2. The average Bonchev–Trinajstić information content (AvgIpc) is 2.66. The second-order valence-corrected chi connectivity index (χ2v) is 7.63. The Morgan fingerprint density at radius 3 is 1.73 bits per heavy atom. The zero-order chi connectivity index (χ0) is 23.0. The number of aliphatic carboxylic acids is 1. The molecule has 0 amide bonds. The van der Waals surface area contributed by atoms with Crippen molar-refractivity contribution in [3.05, 3.63) is 0 Å². The lowest BCUT2D eigenvalue weighted by molar-refractivity contribution is -0.184. The molecule has 0 fully saturated rings. The molecule has 0 aromatic rings. The third-order valence-corrected chi connectivity index (χ3v) is 4.84. The molecule has 2 atom stereocenters. The number of rotatable bonds is 18. The first-order chi connectivity index (χ1) is 14.1. The summed E-state index contributed by atoms with van der Waals surface area (Å²) < 4.78 is 35.5. The lowest BCUT2D eigenvalue weighted by Crippen LogP contribution is -2.54. The number of unbranched alkanes of at least 4 members (excludes halogenated alkanes) is 8. The van der Waals surface area contributed by atoms with Gasteiger partial charge in [0.25, 0.3) is 6.43 Å². The Labute approximate surface area is 177 Å². The fraction of sp³-hybridized carbons (Fsp3) is 0.857. The number of hydrogen-bond donors (Lipinski definition) is 2. The average molecular weight is 438 g/mol. The van der Waals surface area contributed by atoms with E-state index in [2.05, 4.69) is 6.92 Å². The number of alkyl halides is 2. The molecule has 0 aliphatic carbocycles. The first-order valence-corrected chi connectivity index (χ1v) is 10.8. The molecule has 0 saturated heterocycles. The summed E-state index contributed by atoms with van der Waals surface area (Å²) in [7, 11) is 0. The quantitative estimate of drug-likeness (QED) is 0.183. The molecule has 7 nitrogen and oxygen atoms in total. The number of ether oxygens (including phenoxy) is 2. The number of carboxylic acids is 1. The minimum atomic E-state index is -3.21. The van der Waals surface area contributed by atoms with Crippen LogP contribution in [0.2, 0.25) is 0 Å². The second kappa shape index (κ2) is 16.0. The Kier molecular flexibility index (Phi) is 15.0. The molecule has 3 N–H and O–H groups in total. The molecule has 0 aromatic carbocycles. The van der Waals surface area contributed by atoms with E-state index in [1.807, 2.05) is 0 Å². The van der Waals surface area contributed by atoms with E-state index < -0.39 is 42.6 Å². The van der Waals surface area contributed by atoms with Crippen LogP contribution < -0.4 is 5.73 Å². The van der Waals surface area contributed by atoms with Crippen molar-refractivity contribution in [2.75, 3.05) is 0 Å². The molecule has 30 heavy (non-hydrogen) atoms. The van der Waals surface area contributed by atoms with E-state index in [0.717, 1.165) is 25.7 Å². The van der Waals surface area contributed by atoms with E-state index >= 15 is 0 Å². The highest BCUT2D eigenvalue weighted by Crippen LogP contribution is 2.21. The first kappa shape index (κ1) is 28.2. The van der Waals surface area contributed by atoms with Crippen LogP contribution >= 0.6 is 0 Å². The summed E-state index contributed by atoms with van der Waals surface area (Å²) in [6.45, 7) is 3.60. The van der Waals surface area contributed by atoms with Crippen LogP contribution in [0.4, 0.5) is 8.78 Å². The van der Waals surface area contributed by atoms with Gasteiger partial charge in [-0.15, -0.1) is 0 Å². The number of esters is 2. The topological polar surface area (TPSA) is 116 Å². The molecule has 2 unspecified atom stereocenters. The van der Waals surface area contributed by atoms with Crippen LogP contribution in [0.3, 0.4) is 0 Å². The number of nitrogens with two attached hydrogens (primary N) is 1. The van der Waals surface area contributed by atoms with Crippen LogP contribution in [0, 0.1) is 0 Å². The van der Waals surface area contributed by atoms with Crippen molar-refractivity contribution >= 4 is 17.9 Å². The van der Waals surface area contributed by atoms with Crippen molar-refractivity contribution in [1.29, 1.82) is 0 Å². The van der Waals surface area contributed by atoms with Gasteiger partial charge in [-0.2, -0.15) is 0 Å². The van der Waals surface area contributed by atoms with Crippen molar-refractivity contribution in [3.8, 4) is 0 Å². The van der Waals surface area contributed by atoms with Gasteiger partial charge in [-0.3, -0.25) is 9.59 Å². The summed E-state index contributed by atoms with van der Waals surface area (Å²) in [5.41, 5.74) is 2.58. The van der Waals surface area contributed by atoms with Crippen molar-refractivity contribution < 1.29 is 37.7 Å². The molecule has 0 aliphatic heterocycles. The van der Waals surface area contributed by atoms with E-state index in [4.69, 9.17) is 20.3 Å². The van der Waals surface area contributed by atoms with Gasteiger partial charge in [0, 0.05) is 19.8 Å². The van der Waals surface area contributed by atoms with Gasteiger partial charge in [-0.1, -0.05) is 58.3 Å². The van der Waals surface area contributed by atoms with Crippen molar-refractivity contribution in [3.63, 3.8) is 0 Å². The number of carbonyl (C=O) groups excluding carboxylic acids is 2. The zero-order valence-corrected chi connectivity index (χ0v) is 18.2. The molecule has 0 aliphatic rings. The molecule has 0 heterocycles. The largest absolute Gasteiger partial charge is 0.480 e. The van der Waals surface area contributed by atoms with Crippen LogP contribution in [0.25, 0.3) is 0 Å². The Bertz CT molecular complexity index is 518. The Morgan fingerprint density at radius 1 is 0.867 bits per heavy atom. The van der Waals surface area contributed by atoms with Gasteiger partial charge in [0.05, 0.1) is 0 Å². The highest BCUT2D eigenvalue weighted by atomic mass is 19.3. The summed E-state index contributed by atoms with van der Waals surface area (Å²) in [6, 6.07) is 0. The normalized spacial score (nSPS) is 14.2. The molecule has 176 valence electrons. The minimum absolute atomic E-state index is 0.0227. The Morgan fingerprint density at radius 2 is 1.30 bits per heavy atom. The van der Waals surface area contributed by atoms with E-state index in [1.165, 1.54) is 32.6 Å². The molecule has 0 aromatic heterocycles. The van der Waals surface area contributed by atoms with Crippen LogP contribution in [0.15, 0.2) is 0 Å². The third-order valence-electron chi connectivity index (χ3n) is 4.84. The minimum Gasteiger partial charge on any atom is -0.480 e. The van der Waals surface area contributed by atoms with Gasteiger partial charge in [0.1, 0.15) is 0 Å². The molecular weight excluding hydrogens is 400 g/mol. The van der Waals surface area contributed by atoms with Gasteiger partial charge < -0.3 is 20.3 Å². The highest BCUT2D eigenvalue weighted by molar-refractivity contribution is 5.79. The maximum Gasteiger partial charge on any atom is 0.329 e. The second-order valence-electron chi connectivity index (χ2n) is 7.63. The van der Waals surface area contributed by atoms with Crippen molar-refractivity contribution in [2.45, 2.75) is 116 Å². The highest BCUT2D eigenvalue weighted by Gasteiger charge is 2.43. The van der Waals surface area contributed by atoms with Gasteiger partial charge in [-0.05, 0) is 19.3 Å². The predicted octanol–water partition coefficient (Wildman–Crippen LogP) is 4.56. The predicted molar refractivity (Wildman–Crippen MR) is 108 cm³/mol. The monoisotopic (exact) mass is 437 g/mol. The van der Waals surface area contributed by atoms with Crippen LogP contribution in [-0.2, 0) is 23.9 Å². The number of carbonyl (C=O) groups is 3. The number of hydrogen-bond acceptors (Lipinski definition) is 6. The fourth-order valence-electron chi connectivity index (χ4n) is 2.91. The van der Waals surface area contributed by atoms with Gasteiger partial charge in [-0.25, -0.2) is 13.6 Å². The maximum atomic E-state index is 12.8. The third kappa shape index (κ3) is 12.7. The molecule has 0 bridgehead atoms. The van der Waals surface area contributed by atoms with Crippen LogP contribution in [0.5, 0.6) is 0 Å². The molecule has 0 rings (SSSR count). The van der Waals surface area contributed by atoms with E-state index in [0.29, 0.717) is 0 Å². The van der Waals surface area contributed by atoms with E-state index in [9.17, 15) is 23.2 Å². The SMILES string of the molecule is CCCCCCCCCCC(=O)OC(C)OC(=O)CCCCC(N)(C(=O)O)C(F)F. The van der Waals surface area contributed by atoms with Crippen LogP contribution in [-0.4, -0.2) is 41.3 Å². The van der Waals surface area contributed by atoms with E-state index in [1.54, 1.807) is 0 Å². The summed E-state index contributed by atoms with van der Waals surface area (Å²) in [5, 5.41) is 8.80. The lowest BCUT2D eigenvalue weighted by atomic mass is 9.94. The number of carboxylic acid groups (broad SMARTS) is 1. The Balaban J connectivity index is 3.87. The fourth-order valence-corrected chi connectivity index (χ4v) is 2.91. The van der Waals surface area contributed by atoms with Crippen LogP contribution in [0.1, 0.15) is 97.3 Å². The molecule has 0 saturated carbocycles. The standard InChI is InChI=1S/C21H37F2NO6/c1-3-4-5-6-7-8-9-10-13-17(25)29-16(2)30-18(26)14-11-12-15-21(24,19(22)23)20(27)28/h16,19H,3-15,24H2,1-2H3,(H,27,28). The first-order valence-electron chi connectivity index (χ1n) is 10.8. The molecule has 0 radical (unpaired) electrons. The summed E-state index contributed by atoms with van der Waals surface area (Å²) in [4.78, 5) is 34.3. The molecule has 0 spiro atoms.